The summed E-state index contributed by atoms with van der Waals surface area (Å²) in [5, 5.41) is 10.4. The third kappa shape index (κ3) is 6.11. The first-order valence-electron chi connectivity index (χ1n) is 10.6. The van der Waals surface area contributed by atoms with Crippen LogP contribution in [-0.2, 0) is 17.8 Å². The predicted molar refractivity (Wildman–Crippen MR) is 130 cm³/mol. The molecule has 1 aromatic heterocycles. The first-order chi connectivity index (χ1) is 15.7. The van der Waals surface area contributed by atoms with E-state index < -0.39 is 5.97 Å². The molecular formula is C27H25NO3S. The van der Waals surface area contributed by atoms with Crippen LogP contribution in [0.3, 0.4) is 0 Å². The molecule has 0 saturated heterocycles. The smallest absolute Gasteiger partial charge is 0.313 e. The standard InChI is InChI=1S/C27H25NO3S/c29-27(30)19-32-26(17-10-20-6-2-1-3-7-20)22-12-15-24(16-13-22)31-18-23-14-11-21-8-4-5-9-25(21)28-23/h1-9,11-16,26H,10,17-19H2,(H,29,30). The van der Waals surface area contributed by atoms with Gasteiger partial charge in [-0.3, -0.25) is 4.79 Å². The van der Waals surface area contributed by atoms with Crippen LogP contribution in [-0.4, -0.2) is 21.8 Å². The Kier molecular flexibility index (Phi) is 7.41. The monoisotopic (exact) mass is 443 g/mol. The number of carboxylic acid groups (broad SMARTS) is 1. The molecule has 5 heteroatoms. The number of benzene rings is 3. The summed E-state index contributed by atoms with van der Waals surface area (Å²) >= 11 is 1.47. The molecule has 0 aliphatic carbocycles. The number of thioether (sulfide) groups is 1. The number of carboxylic acids is 1. The summed E-state index contributed by atoms with van der Waals surface area (Å²) in [5.41, 5.74) is 4.21. The van der Waals surface area contributed by atoms with Gasteiger partial charge in [0.1, 0.15) is 12.4 Å². The number of para-hydroxylation sites is 1. The second kappa shape index (κ2) is 10.8. The second-order valence-electron chi connectivity index (χ2n) is 7.57. The molecule has 0 aliphatic heterocycles. The Hall–Kier alpha value is -3.31. The number of carbonyl (C=O) groups is 1. The van der Waals surface area contributed by atoms with Crippen molar-refractivity contribution in [3.63, 3.8) is 0 Å². The quantitative estimate of drug-likeness (QED) is 0.311. The van der Waals surface area contributed by atoms with Crippen molar-refractivity contribution in [2.24, 2.45) is 0 Å². The molecule has 0 fully saturated rings. The summed E-state index contributed by atoms with van der Waals surface area (Å²) < 4.78 is 5.94. The molecular weight excluding hydrogens is 418 g/mol. The summed E-state index contributed by atoms with van der Waals surface area (Å²) in [6.45, 7) is 0.398. The zero-order chi connectivity index (χ0) is 22.2. The molecule has 1 N–H and O–H groups in total. The van der Waals surface area contributed by atoms with Crippen LogP contribution in [0.5, 0.6) is 5.75 Å². The van der Waals surface area contributed by atoms with Crippen molar-refractivity contribution < 1.29 is 14.6 Å². The molecule has 4 nitrogen and oxygen atoms in total. The van der Waals surface area contributed by atoms with Gasteiger partial charge >= 0.3 is 5.97 Å². The predicted octanol–water partition coefficient (Wildman–Crippen LogP) is 6.31. The first-order valence-corrected chi connectivity index (χ1v) is 11.7. The van der Waals surface area contributed by atoms with Gasteiger partial charge in [0.25, 0.3) is 0 Å². The lowest BCUT2D eigenvalue weighted by Gasteiger charge is -2.17. The number of rotatable bonds is 10. The normalized spacial score (nSPS) is 11.9. The highest BCUT2D eigenvalue weighted by molar-refractivity contribution is 8.00. The number of fused-ring (bicyclic) bond motifs is 1. The third-order valence-corrected chi connectivity index (χ3v) is 6.56. The number of aliphatic carboxylic acids is 1. The zero-order valence-electron chi connectivity index (χ0n) is 17.7. The zero-order valence-corrected chi connectivity index (χ0v) is 18.5. The molecule has 0 radical (unpaired) electrons. The topological polar surface area (TPSA) is 59.4 Å². The Morgan fingerprint density at radius 1 is 0.906 bits per heavy atom. The van der Waals surface area contributed by atoms with E-state index in [1.807, 2.05) is 72.8 Å². The van der Waals surface area contributed by atoms with Crippen molar-refractivity contribution in [2.45, 2.75) is 24.7 Å². The van der Waals surface area contributed by atoms with E-state index in [-0.39, 0.29) is 11.0 Å². The number of ether oxygens (including phenoxy) is 1. The molecule has 3 aromatic carbocycles. The molecule has 0 bridgehead atoms. The number of pyridine rings is 1. The SMILES string of the molecule is O=C(O)CSC(CCc1ccccc1)c1ccc(OCc2ccc3ccccc3n2)cc1. The van der Waals surface area contributed by atoms with Gasteiger partial charge in [-0.1, -0.05) is 66.7 Å². The fourth-order valence-electron chi connectivity index (χ4n) is 3.59. The number of hydrogen-bond donors (Lipinski definition) is 1. The van der Waals surface area contributed by atoms with Crippen LogP contribution in [0, 0.1) is 0 Å². The first kappa shape index (κ1) is 21.9. The van der Waals surface area contributed by atoms with Crippen LogP contribution in [0.15, 0.2) is 91.0 Å². The van der Waals surface area contributed by atoms with Crippen LogP contribution in [0.1, 0.15) is 28.5 Å². The van der Waals surface area contributed by atoms with E-state index in [9.17, 15) is 4.79 Å². The van der Waals surface area contributed by atoms with E-state index >= 15 is 0 Å². The Bertz CT molecular complexity index is 1160. The molecule has 32 heavy (non-hydrogen) atoms. The number of hydrogen-bond acceptors (Lipinski definition) is 4. The minimum atomic E-state index is -0.789. The van der Waals surface area contributed by atoms with Crippen LogP contribution < -0.4 is 4.74 Å². The van der Waals surface area contributed by atoms with Gasteiger partial charge in [-0.25, -0.2) is 4.98 Å². The molecule has 4 aromatic rings. The maximum atomic E-state index is 11.1. The van der Waals surface area contributed by atoms with Crippen molar-refractivity contribution in [2.75, 3.05) is 5.75 Å². The highest BCUT2D eigenvalue weighted by Gasteiger charge is 2.14. The van der Waals surface area contributed by atoms with E-state index in [4.69, 9.17) is 9.84 Å². The average Bonchev–Trinajstić information content (AvgIpc) is 2.83. The molecule has 1 heterocycles. The Morgan fingerprint density at radius 3 is 2.44 bits per heavy atom. The summed E-state index contributed by atoms with van der Waals surface area (Å²) in [6, 6.07) is 30.3. The maximum Gasteiger partial charge on any atom is 0.313 e. The molecule has 0 aliphatic rings. The van der Waals surface area contributed by atoms with Gasteiger partial charge in [0.15, 0.2) is 0 Å². The van der Waals surface area contributed by atoms with E-state index in [2.05, 4.69) is 23.2 Å². The van der Waals surface area contributed by atoms with E-state index in [0.29, 0.717) is 6.61 Å². The fraction of sp³-hybridized carbons (Fsp3) is 0.185. The van der Waals surface area contributed by atoms with E-state index in [0.717, 1.165) is 40.8 Å². The highest BCUT2D eigenvalue weighted by atomic mass is 32.2. The summed E-state index contributed by atoms with van der Waals surface area (Å²) in [4.78, 5) is 15.8. The van der Waals surface area contributed by atoms with Gasteiger partial charge in [-0.2, -0.15) is 0 Å². The van der Waals surface area contributed by atoms with Crippen LogP contribution in [0.25, 0.3) is 10.9 Å². The van der Waals surface area contributed by atoms with Gasteiger partial charge in [0.05, 0.1) is 17.0 Å². The van der Waals surface area contributed by atoms with Crippen molar-refractivity contribution >= 4 is 28.6 Å². The third-order valence-electron chi connectivity index (χ3n) is 5.24. The summed E-state index contributed by atoms with van der Waals surface area (Å²) in [6.07, 6.45) is 1.78. The van der Waals surface area contributed by atoms with E-state index in [1.54, 1.807) is 0 Å². The maximum absolute atomic E-state index is 11.1. The lowest BCUT2D eigenvalue weighted by Crippen LogP contribution is -2.04. The number of nitrogens with zero attached hydrogens (tertiary/aromatic N) is 1. The minimum absolute atomic E-state index is 0.0886. The summed E-state index contributed by atoms with van der Waals surface area (Å²) in [7, 11) is 0. The van der Waals surface area contributed by atoms with Gasteiger partial charge < -0.3 is 9.84 Å². The second-order valence-corrected chi connectivity index (χ2v) is 8.76. The average molecular weight is 444 g/mol. The van der Waals surface area contributed by atoms with Crippen LogP contribution >= 0.6 is 11.8 Å². The van der Waals surface area contributed by atoms with E-state index in [1.165, 1.54) is 17.3 Å². The Balaban J connectivity index is 1.39. The number of aromatic nitrogens is 1. The molecule has 0 amide bonds. The van der Waals surface area contributed by atoms with Crippen LogP contribution in [0.4, 0.5) is 0 Å². The molecule has 162 valence electrons. The van der Waals surface area contributed by atoms with Gasteiger partial charge in [-0.05, 0) is 48.2 Å². The molecule has 1 unspecified atom stereocenters. The molecule has 4 rings (SSSR count). The fourth-order valence-corrected chi connectivity index (χ4v) is 4.56. The number of aryl methyl sites for hydroxylation is 1. The van der Waals surface area contributed by atoms with Gasteiger partial charge in [0.2, 0.25) is 0 Å². The van der Waals surface area contributed by atoms with Crippen molar-refractivity contribution in [1.29, 1.82) is 0 Å². The lowest BCUT2D eigenvalue weighted by molar-refractivity contribution is -0.133. The van der Waals surface area contributed by atoms with Gasteiger partial charge in [0, 0.05) is 10.6 Å². The molecule has 0 saturated carbocycles. The summed E-state index contributed by atoms with van der Waals surface area (Å²) in [5.74, 6) is 0.0713. The van der Waals surface area contributed by atoms with Crippen molar-refractivity contribution in [3.8, 4) is 5.75 Å². The minimum Gasteiger partial charge on any atom is -0.487 e. The lowest BCUT2D eigenvalue weighted by atomic mass is 10.0. The Labute approximate surface area is 192 Å². The van der Waals surface area contributed by atoms with Crippen molar-refractivity contribution in [3.05, 3.63) is 108 Å². The molecule has 0 spiro atoms. The van der Waals surface area contributed by atoms with Crippen LogP contribution in [0.2, 0.25) is 0 Å². The van der Waals surface area contributed by atoms with Gasteiger partial charge in [-0.15, -0.1) is 11.8 Å². The Morgan fingerprint density at radius 2 is 1.66 bits per heavy atom. The highest BCUT2D eigenvalue weighted by Crippen LogP contribution is 2.34. The largest absolute Gasteiger partial charge is 0.487 e. The molecule has 1 atom stereocenters. The van der Waals surface area contributed by atoms with Crippen molar-refractivity contribution in [1.82, 2.24) is 4.98 Å².